The van der Waals surface area contributed by atoms with Gasteiger partial charge in [-0.05, 0) is 36.8 Å². The molecule has 7 heteroatoms. The summed E-state index contributed by atoms with van der Waals surface area (Å²) < 4.78 is 24.0. The van der Waals surface area contributed by atoms with Crippen molar-refractivity contribution in [2.24, 2.45) is 0 Å². The van der Waals surface area contributed by atoms with Crippen molar-refractivity contribution in [3.8, 4) is 11.5 Å². The molecule has 0 aromatic heterocycles. The second-order valence-corrected chi connectivity index (χ2v) is 5.58. The summed E-state index contributed by atoms with van der Waals surface area (Å²) in [7, 11) is 0. The molecule has 1 atom stereocenters. The van der Waals surface area contributed by atoms with Crippen molar-refractivity contribution in [2.75, 3.05) is 11.9 Å². The maximum absolute atomic E-state index is 13.4. The maximum atomic E-state index is 13.4. The fourth-order valence-corrected chi connectivity index (χ4v) is 2.32. The van der Waals surface area contributed by atoms with Crippen molar-refractivity contribution in [1.82, 2.24) is 5.32 Å². The first-order chi connectivity index (χ1) is 12.0. The number of ether oxygens (including phenoxy) is 2. The van der Waals surface area contributed by atoms with Crippen molar-refractivity contribution >= 4 is 17.5 Å². The summed E-state index contributed by atoms with van der Waals surface area (Å²) in [5.41, 5.74) is 1.36. The van der Waals surface area contributed by atoms with Gasteiger partial charge in [0.25, 0.3) is 11.8 Å². The Labute approximate surface area is 143 Å². The minimum Gasteiger partial charge on any atom is -0.481 e. The lowest BCUT2D eigenvalue weighted by Gasteiger charge is -2.23. The molecular formula is C18H17FN2O4. The van der Waals surface area contributed by atoms with Crippen LogP contribution in [0.5, 0.6) is 11.5 Å². The molecule has 0 aliphatic carbocycles. The number of anilines is 1. The summed E-state index contributed by atoms with van der Waals surface area (Å²) in [4.78, 5) is 23.5. The maximum Gasteiger partial charge on any atom is 0.265 e. The van der Waals surface area contributed by atoms with E-state index >= 15 is 0 Å². The second kappa shape index (κ2) is 7.21. The molecule has 1 aliphatic rings. The average molecular weight is 344 g/mol. The fraction of sp³-hybridized carbons (Fsp3) is 0.222. The summed E-state index contributed by atoms with van der Waals surface area (Å²) in [6.45, 7) is 1.63. The number of hydrogen-bond donors (Lipinski definition) is 2. The molecular weight excluding hydrogens is 327 g/mol. The molecule has 25 heavy (non-hydrogen) atoms. The number of carbonyl (C=O) groups excluding carboxylic acids is 2. The molecule has 2 aromatic carbocycles. The van der Waals surface area contributed by atoms with Crippen LogP contribution < -0.4 is 20.1 Å². The molecule has 130 valence electrons. The van der Waals surface area contributed by atoms with Gasteiger partial charge in [0.1, 0.15) is 5.75 Å². The van der Waals surface area contributed by atoms with E-state index in [9.17, 15) is 14.0 Å². The van der Waals surface area contributed by atoms with Crippen LogP contribution in [0.2, 0.25) is 0 Å². The van der Waals surface area contributed by atoms with E-state index in [1.54, 1.807) is 37.3 Å². The number of halogens is 1. The van der Waals surface area contributed by atoms with Crippen LogP contribution in [0.15, 0.2) is 42.5 Å². The molecule has 0 radical (unpaired) electrons. The van der Waals surface area contributed by atoms with Gasteiger partial charge < -0.3 is 20.1 Å². The largest absolute Gasteiger partial charge is 0.481 e. The zero-order valence-corrected chi connectivity index (χ0v) is 13.5. The van der Waals surface area contributed by atoms with Crippen LogP contribution in [0.3, 0.4) is 0 Å². The number of benzene rings is 2. The molecule has 3 rings (SSSR count). The highest BCUT2D eigenvalue weighted by atomic mass is 19.1. The standard InChI is InChI=1S/C18H17FN2O4/c1-11-18(23)21-14-8-12(6-7-16(14)25-11)9-20-17(22)10-24-15-5-3-2-4-13(15)19/h2-8,11H,9-10H2,1H3,(H,20,22)(H,21,23). The Hall–Kier alpha value is -3.09. The third kappa shape index (κ3) is 4.06. The Morgan fingerprint density at radius 3 is 2.92 bits per heavy atom. The summed E-state index contributed by atoms with van der Waals surface area (Å²) in [6.07, 6.45) is -0.534. The lowest BCUT2D eigenvalue weighted by atomic mass is 10.1. The molecule has 2 N–H and O–H groups in total. The Bertz CT molecular complexity index is 809. The van der Waals surface area contributed by atoms with Crippen molar-refractivity contribution in [1.29, 1.82) is 0 Å². The number of carbonyl (C=O) groups is 2. The van der Waals surface area contributed by atoms with Crippen molar-refractivity contribution in [3.63, 3.8) is 0 Å². The fourth-order valence-electron chi connectivity index (χ4n) is 2.32. The summed E-state index contributed by atoms with van der Waals surface area (Å²) in [5.74, 6) is -0.498. The lowest BCUT2D eigenvalue weighted by molar-refractivity contribution is -0.123. The monoisotopic (exact) mass is 344 g/mol. The van der Waals surface area contributed by atoms with Gasteiger partial charge in [0.05, 0.1) is 5.69 Å². The topological polar surface area (TPSA) is 76.7 Å². The van der Waals surface area contributed by atoms with Gasteiger partial charge in [-0.1, -0.05) is 18.2 Å². The SMILES string of the molecule is CC1Oc2ccc(CNC(=O)COc3ccccc3F)cc2NC1=O. The van der Waals surface area contributed by atoms with Crippen LogP contribution in [-0.2, 0) is 16.1 Å². The van der Waals surface area contributed by atoms with Gasteiger partial charge in [-0.3, -0.25) is 9.59 Å². The number of hydrogen-bond acceptors (Lipinski definition) is 4. The van der Waals surface area contributed by atoms with Crippen molar-refractivity contribution in [3.05, 3.63) is 53.8 Å². The number of amides is 2. The molecule has 0 bridgehead atoms. The second-order valence-electron chi connectivity index (χ2n) is 5.58. The van der Waals surface area contributed by atoms with Crippen LogP contribution in [0, 0.1) is 5.82 Å². The molecule has 1 heterocycles. The zero-order chi connectivity index (χ0) is 17.8. The average Bonchev–Trinajstić information content (AvgIpc) is 2.60. The Balaban J connectivity index is 1.53. The van der Waals surface area contributed by atoms with Crippen molar-refractivity contribution < 1.29 is 23.5 Å². The van der Waals surface area contributed by atoms with E-state index in [1.807, 2.05) is 0 Å². The van der Waals surface area contributed by atoms with E-state index in [4.69, 9.17) is 9.47 Å². The van der Waals surface area contributed by atoms with Gasteiger partial charge in [-0.15, -0.1) is 0 Å². The molecule has 2 amide bonds. The summed E-state index contributed by atoms with van der Waals surface area (Å²) in [6, 6.07) is 11.1. The van der Waals surface area contributed by atoms with E-state index in [1.165, 1.54) is 12.1 Å². The third-order valence-electron chi connectivity index (χ3n) is 3.66. The first kappa shape index (κ1) is 16.8. The Kier molecular flexibility index (Phi) is 4.83. The van der Waals surface area contributed by atoms with Crippen molar-refractivity contribution in [2.45, 2.75) is 19.6 Å². The molecule has 6 nitrogen and oxygen atoms in total. The first-order valence-electron chi connectivity index (χ1n) is 7.77. The van der Waals surface area contributed by atoms with Crippen LogP contribution in [0.1, 0.15) is 12.5 Å². The van der Waals surface area contributed by atoms with E-state index in [0.29, 0.717) is 11.4 Å². The molecule has 1 unspecified atom stereocenters. The normalized spacial score (nSPS) is 15.6. The molecule has 0 saturated carbocycles. The van der Waals surface area contributed by atoms with E-state index in [0.717, 1.165) is 5.56 Å². The van der Waals surface area contributed by atoms with E-state index in [2.05, 4.69) is 10.6 Å². The highest BCUT2D eigenvalue weighted by molar-refractivity contribution is 5.97. The third-order valence-corrected chi connectivity index (χ3v) is 3.66. The van der Waals surface area contributed by atoms with E-state index < -0.39 is 11.9 Å². The van der Waals surface area contributed by atoms with Gasteiger partial charge in [0.2, 0.25) is 0 Å². The van der Waals surface area contributed by atoms with Crippen LogP contribution in [-0.4, -0.2) is 24.5 Å². The minimum atomic E-state index is -0.534. The summed E-state index contributed by atoms with van der Waals surface area (Å²) in [5, 5.41) is 5.42. The van der Waals surface area contributed by atoms with Gasteiger partial charge in [-0.2, -0.15) is 0 Å². The van der Waals surface area contributed by atoms with Crippen LogP contribution >= 0.6 is 0 Å². The van der Waals surface area contributed by atoms with Gasteiger partial charge in [0, 0.05) is 6.54 Å². The first-order valence-corrected chi connectivity index (χ1v) is 7.77. The molecule has 2 aromatic rings. The molecule has 1 aliphatic heterocycles. The van der Waals surface area contributed by atoms with Gasteiger partial charge in [0.15, 0.2) is 24.3 Å². The molecule has 0 spiro atoms. The predicted molar refractivity (Wildman–Crippen MR) is 88.9 cm³/mol. The van der Waals surface area contributed by atoms with Gasteiger partial charge in [-0.25, -0.2) is 4.39 Å². The number of para-hydroxylation sites is 1. The lowest BCUT2D eigenvalue weighted by Crippen LogP contribution is -2.34. The smallest absolute Gasteiger partial charge is 0.265 e. The number of rotatable bonds is 5. The quantitative estimate of drug-likeness (QED) is 0.872. The number of nitrogens with one attached hydrogen (secondary N) is 2. The van der Waals surface area contributed by atoms with Gasteiger partial charge >= 0.3 is 0 Å². The Morgan fingerprint density at radius 1 is 1.32 bits per heavy atom. The summed E-state index contributed by atoms with van der Waals surface area (Å²) >= 11 is 0. The Morgan fingerprint density at radius 2 is 2.12 bits per heavy atom. The highest BCUT2D eigenvalue weighted by Gasteiger charge is 2.23. The van der Waals surface area contributed by atoms with Crippen LogP contribution in [0.25, 0.3) is 0 Å². The minimum absolute atomic E-state index is 0.0282. The highest BCUT2D eigenvalue weighted by Crippen LogP contribution is 2.30. The van der Waals surface area contributed by atoms with E-state index in [-0.39, 0.29) is 30.7 Å². The zero-order valence-electron chi connectivity index (χ0n) is 13.5. The van der Waals surface area contributed by atoms with Crippen LogP contribution in [0.4, 0.5) is 10.1 Å². The molecule has 0 fully saturated rings. The number of fused-ring (bicyclic) bond motifs is 1. The predicted octanol–water partition coefficient (Wildman–Crippen LogP) is 2.24. The molecule has 0 saturated heterocycles.